The number of rotatable bonds is 3. The molecule has 0 saturated heterocycles. The van der Waals surface area contributed by atoms with Gasteiger partial charge in [0.2, 0.25) is 0 Å². The maximum absolute atomic E-state index is 5.62. The lowest BCUT2D eigenvalue weighted by atomic mass is 10.2. The summed E-state index contributed by atoms with van der Waals surface area (Å²) in [5.41, 5.74) is 12.4. The van der Waals surface area contributed by atoms with E-state index < -0.39 is 0 Å². The molecule has 66 valence electrons. The topological polar surface area (TPSA) is 73.3 Å². The first-order valence-corrected chi connectivity index (χ1v) is 3.66. The van der Waals surface area contributed by atoms with Crippen molar-refractivity contribution >= 4 is 11.4 Å². The van der Waals surface area contributed by atoms with Gasteiger partial charge in [-0.15, -0.1) is 0 Å². The molecule has 0 bridgehead atoms. The number of benzene rings is 1. The summed E-state index contributed by atoms with van der Waals surface area (Å²) in [4.78, 5) is 0. The predicted molar refractivity (Wildman–Crippen MR) is 49.8 cm³/mol. The van der Waals surface area contributed by atoms with Crippen LogP contribution in [0.5, 0.6) is 5.75 Å². The lowest BCUT2D eigenvalue weighted by molar-refractivity contribution is 0.298. The molecule has 0 atom stereocenters. The summed E-state index contributed by atoms with van der Waals surface area (Å²) >= 11 is 0. The summed E-state index contributed by atoms with van der Waals surface area (Å²) in [5.74, 6) is 0.615. The van der Waals surface area contributed by atoms with Crippen LogP contribution in [0.2, 0.25) is 0 Å². The van der Waals surface area contributed by atoms with Gasteiger partial charge in [0.1, 0.15) is 12.5 Å². The van der Waals surface area contributed by atoms with Gasteiger partial charge < -0.3 is 16.2 Å². The zero-order valence-corrected chi connectivity index (χ0v) is 7.00. The number of hydrogen-bond donors (Lipinski definition) is 3. The van der Waals surface area contributed by atoms with E-state index >= 15 is 0 Å². The van der Waals surface area contributed by atoms with Crippen molar-refractivity contribution in [3.05, 3.63) is 18.2 Å². The van der Waals surface area contributed by atoms with Crippen molar-refractivity contribution in [3.8, 4) is 5.75 Å². The van der Waals surface area contributed by atoms with Crippen LogP contribution in [0.3, 0.4) is 0 Å². The highest BCUT2D eigenvalue weighted by molar-refractivity contribution is 5.59. The molecule has 12 heavy (non-hydrogen) atoms. The third kappa shape index (κ3) is 2.03. The summed E-state index contributed by atoms with van der Waals surface area (Å²) in [7, 11) is 1.79. The van der Waals surface area contributed by atoms with E-state index in [9.17, 15) is 0 Å². The number of anilines is 2. The van der Waals surface area contributed by atoms with Crippen LogP contribution >= 0.6 is 0 Å². The zero-order valence-electron chi connectivity index (χ0n) is 7.00. The molecule has 1 aromatic carbocycles. The Kier molecular flexibility index (Phi) is 2.76. The lowest BCUT2D eigenvalue weighted by Gasteiger charge is -2.08. The predicted octanol–water partition coefficient (Wildman–Crippen LogP) is 0.407. The van der Waals surface area contributed by atoms with E-state index in [0.29, 0.717) is 23.9 Å². The molecular weight excluding hydrogens is 154 g/mol. The first-order valence-electron chi connectivity index (χ1n) is 3.66. The van der Waals surface area contributed by atoms with E-state index in [1.54, 1.807) is 25.2 Å². The average Bonchev–Trinajstić information content (AvgIpc) is 2.07. The molecule has 1 aromatic rings. The second kappa shape index (κ2) is 3.82. The van der Waals surface area contributed by atoms with E-state index in [1.807, 2.05) is 0 Å². The van der Waals surface area contributed by atoms with Crippen LogP contribution in [0.25, 0.3) is 0 Å². The van der Waals surface area contributed by atoms with Gasteiger partial charge in [-0.25, -0.2) is 0 Å². The Morgan fingerprint density at radius 1 is 1.42 bits per heavy atom. The van der Waals surface area contributed by atoms with Gasteiger partial charge in [-0.1, -0.05) is 0 Å². The standard InChI is InChI=1S/C8H13N3O/c1-11-5-12-8-4-6(9)2-3-7(8)10/h2-4,11H,5,9-10H2,1H3. The SMILES string of the molecule is CNCOc1cc(N)ccc1N. The highest BCUT2D eigenvalue weighted by Gasteiger charge is 1.98. The van der Waals surface area contributed by atoms with Crippen LogP contribution in [0.4, 0.5) is 11.4 Å². The van der Waals surface area contributed by atoms with Crippen LogP contribution in [-0.4, -0.2) is 13.8 Å². The van der Waals surface area contributed by atoms with Crippen molar-refractivity contribution < 1.29 is 4.74 Å². The van der Waals surface area contributed by atoms with E-state index in [0.717, 1.165) is 0 Å². The Labute approximate surface area is 71.5 Å². The van der Waals surface area contributed by atoms with E-state index in [-0.39, 0.29) is 0 Å². The van der Waals surface area contributed by atoms with Gasteiger partial charge in [-0.3, -0.25) is 5.32 Å². The Morgan fingerprint density at radius 2 is 2.17 bits per heavy atom. The van der Waals surface area contributed by atoms with Crippen molar-refractivity contribution in [3.63, 3.8) is 0 Å². The van der Waals surface area contributed by atoms with Gasteiger partial charge in [-0.2, -0.15) is 0 Å². The summed E-state index contributed by atoms with van der Waals surface area (Å²) in [5, 5.41) is 2.84. The quantitative estimate of drug-likeness (QED) is 0.450. The molecule has 0 radical (unpaired) electrons. The minimum Gasteiger partial charge on any atom is -0.476 e. The fourth-order valence-corrected chi connectivity index (χ4v) is 0.826. The number of nitrogens with two attached hydrogens (primary N) is 2. The van der Waals surface area contributed by atoms with Gasteiger partial charge in [0.15, 0.2) is 0 Å². The Morgan fingerprint density at radius 3 is 2.83 bits per heavy atom. The Balaban J connectivity index is 2.75. The van der Waals surface area contributed by atoms with Crippen LogP contribution in [0.15, 0.2) is 18.2 Å². The number of nitrogens with one attached hydrogen (secondary N) is 1. The number of ether oxygens (including phenoxy) is 1. The third-order valence-electron chi connectivity index (χ3n) is 1.41. The van der Waals surface area contributed by atoms with Gasteiger partial charge >= 0.3 is 0 Å². The molecule has 5 N–H and O–H groups in total. The highest BCUT2D eigenvalue weighted by atomic mass is 16.5. The lowest BCUT2D eigenvalue weighted by Crippen LogP contribution is -2.14. The number of nitrogen functional groups attached to an aromatic ring is 2. The van der Waals surface area contributed by atoms with Crippen molar-refractivity contribution in [2.45, 2.75) is 0 Å². The van der Waals surface area contributed by atoms with Gasteiger partial charge in [-0.05, 0) is 19.2 Å². The van der Waals surface area contributed by atoms with E-state index in [1.165, 1.54) is 0 Å². The molecule has 4 heteroatoms. The summed E-state index contributed by atoms with van der Waals surface area (Å²) < 4.78 is 5.25. The largest absolute Gasteiger partial charge is 0.476 e. The van der Waals surface area contributed by atoms with Gasteiger partial charge in [0, 0.05) is 11.8 Å². The summed E-state index contributed by atoms with van der Waals surface area (Å²) in [6.45, 7) is 0.424. The van der Waals surface area contributed by atoms with Gasteiger partial charge in [0.05, 0.1) is 5.69 Å². The molecule has 0 spiro atoms. The zero-order chi connectivity index (χ0) is 8.97. The maximum atomic E-state index is 5.62. The fraction of sp³-hybridized carbons (Fsp3) is 0.250. The molecule has 0 aliphatic rings. The first kappa shape index (κ1) is 8.67. The molecule has 0 aromatic heterocycles. The minimum absolute atomic E-state index is 0.424. The average molecular weight is 167 g/mol. The molecule has 0 saturated carbocycles. The van der Waals surface area contributed by atoms with Crippen LogP contribution in [0, 0.1) is 0 Å². The Bertz CT molecular complexity index is 262. The number of hydrogen-bond acceptors (Lipinski definition) is 4. The van der Waals surface area contributed by atoms with Crippen molar-refractivity contribution in [2.24, 2.45) is 0 Å². The van der Waals surface area contributed by atoms with E-state index in [4.69, 9.17) is 16.2 Å². The van der Waals surface area contributed by atoms with Crippen molar-refractivity contribution in [2.75, 3.05) is 25.2 Å². The monoisotopic (exact) mass is 167 g/mol. The summed E-state index contributed by atoms with van der Waals surface area (Å²) in [6, 6.07) is 5.16. The Hall–Kier alpha value is -1.42. The molecule has 0 fully saturated rings. The summed E-state index contributed by atoms with van der Waals surface area (Å²) in [6.07, 6.45) is 0. The molecular formula is C8H13N3O. The smallest absolute Gasteiger partial charge is 0.146 e. The second-order valence-corrected chi connectivity index (χ2v) is 2.44. The van der Waals surface area contributed by atoms with Crippen LogP contribution in [-0.2, 0) is 0 Å². The maximum Gasteiger partial charge on any atom is 0.146 e. The van der Waals surface area contributed by atoms with Crippen LogP contribution < -0.4 is 21.5 Å². The molecule has 0 amide bonds. The normalized spacial score (nSPS) is 9.75. The minimum atomic E-state index is 0.424. The molecule has 0 unspecified atom stereocenters. The van der Waals surface area contributed by atoms with Crippen LogP contribution in [0.1, 0.15) is 0 Å². The molecule has 0 aliphatic heterocycles. The van der Waals surface area contributed by atoms with E-state index in [2.05, 4.69) is 5.32 Å². The highest BCUT2D eigenvalue weighted by Crippen LogP contribution is 2.23. The molecule has 0 aliphatic carbocycles. The molecule has 0 heterocycles. The second-order valence-electron chi connectivity index (χ2n) is 2.44. The van der Waals surface area contributed by atoms with Gasteiger partial charge in [0.25, 0.3) is 0 Å². The van der Waals surface area contributed by atoms with Crippen molar-refractivity contribution in [1.29, 1.82) is 0 Å². The fourth-order valence-electron chi connectivity index (χ4n) is 0.826. The first-order chi connectivity index (χ1) is 5.74. The third-order valence-corrected chi connectivity index (χ3v) is 1.41. The van der Waals surface area contributed by atoms with Crippen molar-refractivity contribution in [1.82, 2.24) is 5.32 Å². The molecule has 1 rings (SSSR count). The molecule has 4 nitrogen and oxygen atoms in total.